The molecule has 1 saturated carbocycles. The molecule has 0 bridgehead atoms. The van der Waals surface area contributed by atoms with Gasteiger partial charge in [-0.15, -0.1) is 0 Å². The van der Waals surface area contributed by atoms with E-state index in [1.54, 1.807) is 30.3 Å². The Balaban J connectivity index is 1.14. The van der Waals surface area contributed by atoms with Crippen LogP contribution in [0.15, 0.2) is 65.5 Å². The highest BCUT2D eigenvalue weighted by atomic mass is 16.4. The van der Waals surface area contributed by atoms with E-state index in [4.69, 9.17) is 5.11 Å². The molecule has 2 fully saturated rings. The number of carbonyl (C=O) groups excluding carboxylic acids is 4. The molecule has 3 aromatic carbocycles. The number of hydrogen-bond donors (Lipinski definition) is 9. The quantitative estimate of drug-likeness (QED) is 0.105. The largest absolute Gasteiger partial charge is 0.465 e. The molecule has 1 aliphatic heterocycles. The van der Waals surface area contributed by atoms with E-state index in [2.05, 4.69) is 36.6 Å². The Bertz CT molecular complexity index is 2070. The average molecular weight is 726 g/mol. The van der Waals surface area contributed by atoms with Crippen molar-refractivity contribution in [1.82, 2.24) is 31.2 Å². The molecule has 4 aromatic rings. The number of aryl methyl sites for hydroxylation is 1. The highest BCUT2D eigenvalue weighted by molar-refractivity contribution is 6.00. The lowest BCUT2D eigenvalue weighted by Gasteiger charge is -2.29. The van der Waals surface area contributed by atoms with Gasteiger partial charge in [-0.3, -0.25) is 19.2 Å². The van der Waals surface area contributed by atoms with Crippen LogP contribution < -0.4 is 32.3 Å². The standard InChI is InChI=1S/C38H43N7O8/c1-20-14-25(34(48)43-32-17-27(19-46)41-36(32)50)10-12-28(20)23-6-2-21(3-7-23)15-31(35(49)40-26-11-13-29-30(16-26)45-37(51)44-29)42-33(47)24-8-4-22(5-9-24)18-39-38(52)53/h2-3,6-7,10-14,16,22,24,27,31-32,39,46H,4-5,8-9,15,17-19H2,1H3,(H,40,49)(H,41,50)(H,42,47)(H,43,48)(H,52,53)(H2,44,45,51)/t22-,24-,27-,31-,32+/m0/s1. The minimum atomic E-state index is -1.07. The lowest BCUT2D eigenvalue weighted by molar-refractivity contribution is -0.130. The maximum Gasteiger partial charge on any atom is 0.404 e. The number of fused-ring (bicyclic) bond motifs is 1. The summed E-state index contributed by atoms with van der Waals surface area (Å²) in [5.41, 5.74) is 5.02. The van der Waals surface area contributed by atoms with Crippen molar-refractivity contribution in [3.05, 3.63) is 87.8 Å². The maximum absolute atomic E-state index is 13.7. The molecule has 5 amide bonds. The Hall–Kier alpha value is -5.96. The molecule has 1 saturated heterocycles. The van der Waals surface area contributed by atoms with Gasteiger partial charge >= 0.3 is 11.8 Å². The highest BCUT2D eigenvalue weighted by Gasteiger charge is 2.33. The highest BCUT2D eigenvalue weighted by Crippen LogP contribution is 2.29. The molecule has 278 valence electrons. The fourth-order valence-corrected chi connectivity index (χ4v) is 7.12. The van der Waals surface area contributed by atoms with Crippen molar-refractivity contribution in [2.24, 2.45) is 11.8 Å². The molecule has 2 heterocycles. The number of benzene rings is 3. The zero-order valence-corrected chi connectivity index (χ0v) is 29.2. The minimum Gasteiger partial charge on any atom is -0.465 e. The van der Waals surface area contributed by atoms with Crippen LogP contribution in [0.3, 0.4) is 0 Å². The Morgan fingerprint density at radius 3 is 2.32 bits per heavy atom. The van der Waals surface area contributed by atoms with Gasteiger partial charge in [0.2, 0.25) is 17.7 Å². The zero-order valence-electron chi connectivity index (χ0n) is 29.2. The summed E-state index contributed by atoms with van der Waals surface area (Å²) < 4.78 is 0. The average Bonchev–Trinajstić information content (AvgIpc) is 3.70. The third kappa shape index (κ3) is 9.10. The number of aromatic nitrogens is 2. The minimum absolute atomic E-state index is 0.153. The van der Waals surface area contributed by atoms with Crippen molar-refractivity contribution in [2.45, 2.75) is 63.6 Å². The summed E-state index contributed by atoms with van der Waals surface area (Å²) in [7, 11) is 0. The summed E-state index contributed by atoms with van der Waals surface area (Å²) in [5, 5.41) is 31.9. The van der Waals surface area contributed by atoms with E-state index >= 15 is 0 Å². The Labute approximate surface area is 304 Å². The molecule has 15 nitrogen and oxygen atoms in total. The van der Waals surface area contributed by atoms with Crippen LogP contribution in [0.2, 0.25) is 0 Å². The molecular formula is C38H43N7O8. The lowest BCUT2D eigenvalue weighted by Crippen LogP contribution is -2.48. The van der Waals surface area contributed by atoms with E-state index in [0.29, 0.717) is 60.9 Å². The number of aromatic amines is 2. The van der Waals surface area contributed by atoms with Crippen molar-refractivity contribution < 1.29 is 34.2 Å². The van der Waals surface area contributed by atoms with Gasteiger partial charge in [0.25, 0.3) is 5.91 Å². The lowest BCUT2D eigenvalue weighted by atomic mass is 9.81. The summed E-state index contributed by atoms with van der Waals surface area (Å²) in [5.74, 6) is -1.53. The van der Waals surface area contributed by atoms with Crippen LogP contribution in [-0.4, -0.2) is 81.2 Å². The number of aliphatic hydroxyl groups excluding tert-OH is 1. The normalized spacial score (nSPS) is 20.3. The van der Waals surface area contributed by atoms with Crippen LogP contribution in [0.5, 0.6) is 0 Å². The van der Waals surface area contributed by atoms with Gasteiger partial charge in [-0.1, -0.05) is 30.3 Å². The first kappa shape index (κ1) is 36.8. The van der Waals surface area contributed by atoms with Crippen molar-refractivity contribution in [1.29, 1.82) is 0 Å². The van der Waals surface area contributed by atoms with Gasteiger partial charge in [0.1, 0.15) is 12.1 Å². The van der Waals surface area contributed by atoms with Crippen molar-refractivity contribution in [3.8, 4) is 11.1 Å². The van der Waals surface area contributed by atoms with Gasteiger partial charge in [-0.2, -0.15) is 0 Å². The number of amides is 5. The predicted molar refractivity (Wildman–Crippen MR) is 196 cm³/mol. The number of anilines is 1. The summed E-state index contributed by atoms with van der Waals surface area (Å²) in [6.07, 6.45) is 1.99. The van der Waals surface area contributed by atoms with E-state index < -0.39 is 24.1 Å². The van der Waals surface area contributed by atoms with Crippen molar-refractivity contribution in [3.63, 3.8) is 0 Å². The number of H-pyrrole nitrogens is 2. The molecule has 0 unspecified atom stereocenters. The molecule has 9 N–H and O–H groups in total. The van der Waals surface area contributed by atoms with Gasteiger partial charge in [0, 0.05) is 30.1 Å². The fraction of sp³-hybridized carbons (Fsp3) is 0.368. The topological polar surface area (TPSA) is 235 Å². The number of rotatable bonds is 12. The van der Waals surface area contributed by atoms with E-state index in [0.717, 1.165) is 22.3 Å². The predicted octanol–water partition coefficient (Wildman–Crippen LogP) is 2.55. The van der Waals surface area contributed by atoms with Gasteiger partial charge in [0.05, 0.1) is 23.7 Å². The molecule has 2 aliphatic rings. The molecule has 3 atom stereocenters. The van der Waals surface area contributed by atoms with E-state index in [9.17, 15) is 33.9 Å². The van der Waals surface area contributed by atoms with Gasteiger partial charge in [-0.25, -0.2) is 9.59 Å². The van der Waals surface area contributed by atoms with Crippen molar-refractivity contribution in [2.75, 3.05) is 18.5 Å². The van der Waals surface area contributed by atoms with Crippen LogP contribution >= 0.6 is 0 Å². The van der Waals surface area contributed by atoms with Crippen LogP contribution in [0.4, 0.5) is 10.5 Å². The second kappa shape index (κ2) is 16.2. The smallest absolute Gasteiger partial charge is 0.404 e. The number of carboxylic acid groups (broad SMARTS) is 1. The molecule has 1 aliphatic carbocycles. The second-order valence-corrected chi connectivity index (χ2v) is 13.9. The SMILES string of the molecule is Cc1cc(C(=O)N[C@@H]2C[C@@H](CO)NC2=O)ccc1-c1ccc(C[C@H](NC(=O)[C@H]2CC[C@H](CNC(=O)O)CC2)C(=O)Nc2ccc3[nH]c(=O)[nH]c3c2)cc1. The summed E-state index contributed by atoms with van der Waals surface area (Å²) >= 11 is 0. The van der Waals surface area contributed by atoms with Crippen LogP contribution in [0.1, 0.15) is 53.6 Å². The Morgan fingerprint density at radius 1 is 0.906 bits per heavy atom. The van der Waals surface area contributed by atoms with E-state index in [1.807, 2.05) is 37.3 Å². The number of imidazole rings is 1. The molecule has 15 heteroatoms. The first-order valence-corrected chi connectivity index (χ1v) is 17.7. The fourth-order valence-electron chi connectivity index (χ4n) is 7.12. The first-order valence-electron chi connectivity index (χ1n) is 17.7. The molecular weight excluding hydrogens is 682 g/mol. The number of nitrogens with one attached hydrogen (secondary N) is 7. The zero-order chi connectivity index (χ0) is 37.6. The monoisotopic (exact) mass is 725 g/mol. The maximum atomic E-state index is 13.7. The Morgan fingerprint density at radius 2 is 1.64 bits per heavy atom. The van der Waals surface area contributed by atoms with Crippen LogP contribution in [0.25, 0.3) is 22.2 Å². The van der Waals surface area contributed by atoms with Crippen LogP contribution in [-0.2, 0) is 20.8 Å². The number of carbonyl (C=O) groups is 5. The second-order valence-electron chi connectivity index (χ2n) is 13.9. The first-order chi connectivity index (χ1) is 25.4. The summed E-state index contributed by atoms with van der Waals surface area (Å²) in [6, 6.07) is 15.8. The van der Waals surface area contributed by atoms with Gasteiger partial charge < -0.3 is 46.8 Å². The number of aliphatic hydroxyl groups is 1. The third-order valence-corrected chi connectivity index (χ3v) is 10.1. The summed E-state index contributed by atoms with van der Waals surface area (Å²) in [6.45, 7) is 2.03. The van der Waals surface area contributed by atoms with Crippen LogP contribution in [0, 0.1) is 18.8 Å². The molecule has 0 radical (unpaired) electrons. The summed E-state index contributed by atoms with van der Waals surface area (Å²) in [4.78, 5) is 80.2. The van der Waals surface area contributed by atoms with E-state index in [1.165, 1.54) is 0 Å². The Kier molecular flexibility index (Phi) is 11.2. The molecule has 0 spiro atoms. The molecule has 53 heavy (non-hydrogen) atoms. The molecule has 1 aromatic heterocycles. The van der Waals surface area contributed by atoms with Crippen molar-refractivity contribution >= 4 is 46.4 Å². The molecule has 6 rings (SSSR count). The van der Waals surface area contributed by atoms with Gasteiger partial charge in [0.15, 0.2) is 0 Å². The van der Waals surface area contributed by atoms with E-state index in [-0.39, 0.29) is 54.3 Å². The number of hydrogen-bond acceptors (Lipinski definition) is 7. The third-order valence-electron chi connectivity index (χ3n) is 10.1. The van der Waals surface area contributed by atoms with Gasteiger partial charge in [-0.05, 0) is 97.5 Å².